The number of hydrogen-bond acceptors (Lipinski definition) is 5. The Hall–Kier alpha value is -2.81. The van der Waals surface area contributed by atoms with Crippen molar-refractivity contribution in [1.82, 2.24) is 14.7 Å². The molecule has 2 aromatic rings. The summed E-state index contributed by atoms with van der Waals surface area (Å²) in [5, 5.41) is 6.52. The number of nitrogens with two attached hydrogens (primary N) is 1. The molecule has 0 aliphatic carbocycles. The van der Waals surface area contributed by atoms with Crippen LogP contribution in [0.3, 0.4) is 0 Å². The molecule has 28 heavy (non-hydrogen) atoms. The van der Waals surface area contributed by atoms with E-state index in [0.717, 1.165) is 0 Å². The standard InChI is InChI=1S/C18H19ClFN5O3/c1-2-25-15(21)10(8-22-25)16(26)24-7-3-6-18(9-24)13-12(23-17(27)28-18)5-4-11(19)14(13)20/h4-5,8H,2-3,6-7,9,21H2,1H3,(H,23,27)/t18-/m0/s1. The van der Waals surface area contributed by atoms with Crippen LogP contribution in [0, 0.1) is 5.82 Å². The first kappa shape index (κ1) is 18.5. The van der Waals surface area contributed by atoms with Gasteiger partial charge in [-0.25, -0.2) is 13.9 Å². The highest BCUT2D eigenvalue weighted by atomic mass is 35.5. The van der Waals surface area contributed by atoms with E-state index in [9.17, 15) is 14.0 Å². The smallest absolute Gasteiger partial charge is 0.412 e. The average Bonchev–Trinajstić information content (AvgIpc) is 3.04. The van der Waals surface area contributed by atoms with Gasteiger partial charge in [0.05, 0.1) is 29.0 Å². The highest BCUT2D eigenvalue weighted by Gasteiger charge is 2.48. The van der Waals surface area contributed by atoms with Gasteiger partial charge in [-0.05, 0) is 31.9 Å². The summed E-state index contributed by atoms with van der Waals surface area (Å²) in [6.07, 6.45) is 1.62. The summed E-state index contributed by atoms with van der Waals surface area (Å²) in [6.45, 7) is 2.83. The minimum atomic E-state index is -1.31. The second kappa shape index (κ2) is 6.66. The molecule has 0 saturated carbocycles. The second-order valence-electron chi connectivity index (χ2n) is 6.88. The van der Waals surface area contributed by atoms with Crippen LogP contribution in [0.25, 0.3) is 0 Å². The molecule has 0 bridgehead atoms. The Balaban J connectivity index is 1.72. The number of nitrogens with one attached hydrogen (secondary N) is 1. The quantitative estimate of drug-likeness (QED) is 0.796. The molecular formula is C18H19ClFN5O3. The van der Waals surface area contributed by atoms with Crippen molar-refractivity contribution >= 4 is 35.1 Å². The van der Waals surface area contributed by atoms with Crippen LogP contribution in [0.5, 0.6) is 0 Å². The topological polar surface area (TPSA) is 102 Å². The predicted molar refractivity (Wildman–Crippen MR) is 101 cm³/mol. The van der Waals surface area contributed by atoms with Gasteiger partial charge in [0.1, 0.15) is 11.4 Å². The number of halogens is 2. The molecule has 1 spiro atoms. The summed E-state index contributed by atoms with van der Waals surface area (Å²) < 4.78 is 22.0. The molecule has 148 valence electrons. The van der Waals surface area contributed by atoms with Gasteiger partial charge in [0, 0.05) is 13.1 Å². The van der Waals surface area contributed by atoms with E-state index in [1.807, 2.05) is 6.92 Å². The van der Waals surface area contributed by atoms with Crippen molar-refractivity contribution in [3.63, 3.8) is 0 Å². The summed E-state index contributed by atoms with van der Waals surface area (Å²) in [5.41, 5.74) is 5.43. The number of piperidine rings is 1. The van der Waals surface area contributed by atoms with E-state index >= 15 is 0 Å². The lowest BCUT2D eigenvalue weighted by Crippen LogP contribution is -2.53. The molecular weight excluding hydrogens is 389 g/mol. The summed E-state index contributed by atoms with van der Waals surface area (Å²) in [5.74, 6) is -0.731. The van der Waals surface area contributed by atoms with Crippen molar-refractivity contribution in [2.24, 2.45) is 0 Å². The van der Waals surface area contributed by atoms with E-state index in [1.165, 1.54) is 27.9 Å². The number of likely N-dealkylation sites (tertiary alicyclic amines) is 1. The van der Waals surface area contributed by atoms with Gasteiger partial charge in [-0.2, -0.15) is 5.10 Å². The summed E-state index contributed by atoms with van der Waals surface area (Å²) in [6, 6.07) is 2.91. The second-order valence-corrected chi connectivity index (χ2v) is 7.29. The number of carbonyl (C=O) groups is 2. The molecule has 4 rings (SSSR count). The van der Waals surface area contributed by atoms with Crippen molar-refractivity contribution in [2.75, 3.05) is 24.1 Å². The Bertz CT molecular complexity index is 978. The van der Waals surface area contributed by atoms with E-state index in [2.05, 4.69) is 10.4 Å². The van der Waals surface area contributed by atoms with E-state index in [-0.39, 0.29) is 34.4 Å². The number of fused-ring (bicyclic) bond motifs is 2. The van der Waals surface area contributed by atoms with Crippen molar-refractivity contribution in [2.45, 2.75) is 31.9 Å². The van der Waals surface area contributed by atoms with Crippen molar-refractivity contribution in [3.8, 4) is 0 Å². The van der Waals surface area contributed by atoms with E-state index < -0.39 is 17.5 Å². The molecule has 1 aromatic carbocycles. The van der Waals surface area contributed by atoms with Crippen LogP contribution in [0.15, 0.2) is 18.3 Å². The predicted octanol–water partition coefficient (Wildman–Crippen LogP) is 2.97. The molecule has 1 fully saturated rings. The maximum Gasteiger partial charge on any atom is 0.412 e. The molecule has 1 saturated heterocycles. The van der Waals surface area contributed by atoms with E-state index in [4.69, 9.17) is 22.1 Å². The Morgan fingerprint density at radius 2 is 2.29 bits per heavy atom. The number of hydrogen-bond donors (Lipinski definition) is 2. The minimum Gasteiger partial charge on any atom is -0.436 e. The fourth-order valence-corrected chi connectivity index (χ4v) is 4.09. The third-order valence-electron chi connectivity index (χ3n) is 5.23. The normalized spacial score (nSPS) is 21.2. The van der Waals surface area contributed by atoms with Crippen LogP contribution in [0.2, 0.25) is 5.02 Å². The first-order chi connectivity index (χ1) is 13.4. The number of aryl methyl sites for hydroxylation is 1. The third kappa shape index (κ3) is 2.77. The maximum atomic E-state index is 14.9. The number of anilines is 2. The Morgan fingerprint density at radius 1 is 1.50 bits per heavy atom. The molecule has 2 aliphatic rings. The minimum absolute atomic E-state index is 0.000258. The summed E-state index contributed by atoms with van der Waals surface area (Å²) in [7, 11) is 0. The first-order valence-corrected chi connectivity index (χ1v) is 9.33. The Labute approximate surface area is 165 Å². The molecule has 2 aliphatic heterocycles. The molecule has 1 aromatic heterocycles. The molecule has 1 atom stereocenters. The highest BCUT2D eigenvalue weighted by molar-refractivity contribution is 6.31. The molecule has 2 amide bonds. The zero-order chi connectivity index (χ0) is 20.1. The summed E-state index contributed by atoms with van der Waals surface area (Å²) >= 11 is 5.97. The maximum absolute atomic E-state index is 14.9. The van der Waals surface area contributed by atoms with Crippen molar-refractivity contribution in [1.29, 1.82) is 0 Å². The molecule has 3 N–H and O–H groups in total. The highest BCUT2D eigenvalue weighted by Crippen LogP contribution is 2.45. The Morgan fingerprint density at radius 3 is 3.00 bits per heavy atom. The lowest BCUT2D eigenvalue weighted by atomic mass is 9.83. The van der Waals surface area contributed by atoms with Crippen LogP contribution in [0.1, 0.15) is 35.7 Å². The van der Waals surface area contributed by atoms with Gasteiger partial charge < -0.3 is 15.4 Å². The first-order valence-electron chi connectivity index (χ1n) is 8.95. The van der Waals surface area contributed by atoms with Crippen LogP contribution in [-0.2, 0) is 16.9 Å². The zero-order valence-corrected chi connectivity index (χ0v) is 15.9. The molecule has 0 radical (unpaired) electrons. The van der Waals surface area contributed by atoms with Gasteiger partial charge in [0.2, 0.25) is 0 Å². The number of carbonyl (C=O) groups excluding carboxylic acids is 2. The lowest BCUT2D eigenvalue weighted by molar-refractivity contribution is -0.0418. The number of nitrogens with zero attached hydrogens (tertiary/aromatic N) is 3. The number of ether oxygens (including phenoxy) is 1. The van der Waals surface area contributed by atoms with Crippen LogP contribution < -0.4 is 11.1 Å². The zero-order valence-electron chi connectivity index (χ0n) is 15.2. The van der Waals surface area contributed by atoms with Crippen LogP contribution >= 0.6 is 11.6 Å². The van der Waals surface area contributed by atoms with Gasteiger partial charge in [0.25, 0.3) is 5.91 Å². The Kier molecular flexibility index (Phi) is 4.41. The largest absolute Gasteiger partial charge is 0.436 e. The average molecular weight is 408 g/mol. The third-order valence-corrected chi connectivity index (χ3v) is 5.52. The number of rotatable bonds is 2. The number of aromatic nitrogens is 2. The number of amides is 2. The molecule has 8 nitrogen and oxygen atoms in total. The fourth-order valence-electron chi connectivity index (χ4n) is 3.93. The van der Waals surface area contributed by atoms with Crippen LogP contribution in [-0.4, -0.2) is 39.8 Å². The van der Waals surface area contributed by atoms with Crippen LogP contribution in [0.4, 0.5) is 20.7 Å². The monoisotopic (exact) mass is 407 g/mol. The van der Waals surface area contributed by atoms with E-state index in [0.29, 0.717) is 31.6 Å². The fraction of sp³-hybridized carbons (Fsp3) is 0.389. The van der Waals surface area contributed by atoms with E-state index in [1.54, 1.807) is 0 Å². The summed E-state index contributed by atoms with van der Waals surface area (Å²) in [4.78, 5) is 26.7. The van der Waals surface area contributed by atoms with Gasteiger partial charge in [-0.1, -0.05) is 11.6 Å². The van der Waals surface area contributed by atoms with Gasteiger partial charge in [-0.15, -0.1) is 0 Å². The van der Waals surface area contributed by atoms with Crippen molar-refractivity contribution in [3.05, 3.63) is 40.3 Å². The molecule has 3 heterocycles. The van der Waals surface area contributed by atoms with Gasteiger partial charge in [-0.3, -0.25) is 10.1 Å². The lowest BCUT2D eigenvalue weighted by Gasteiger charge is -2.45. The van der Waals surface area contributed by atoms with Crippen molar-refractivity contribution < 1.29 is 18.7 Å². The number of benzene rings is 1. The van der Waals surface area contributed by atoms with Gasteiger partial charge in [0.15, 0.2) is 11.4 Å². The molecule has 0 unspecified atom stereocenters. The van der Waals surface area contributed by atoms with Gasteiger partial charge >= 0.3 is 6.09 Å². The number of nitrogen functional groups attached to an aromatic ring is 1. The SMILES string of the molecule is CCn1ncc(C(=O)N2CCC[C@@]3(C2)OC(=O)Nc2ccc(Cl)c(F)c23)c1N. The molecule has 10 heteroatoms.